The van der Waals surface area contributed by atoms with Crippen molar-refractivity contribution in [2.24, 2.45) is 5.92 Å². The maximum absolute atomic E-state index is 12.9. The van der Waals surface area contributed by atoms with Crippen LogP contribution in [0.5, 0.6) is 5.75 Å². The van der Waals surface area contributed by atoms with Crippen LogP contribution in [0.15, 0.2) is 84.9 Å². The Bertz CT molecular complexity index is 1130. The van der Waals surface area contributed by atoms with Gasteiger partial charge in [-0.25, -0.2) is 0 Å². The van der Waals surface area contributed by atoms with Crippen molar-refractivity contribution in [3.63, 3.8) is 0 Å². The quantitative estimate of drug-likeness (QED) is 0.345. The molecule has 0 aliphatic carbocycles. The van der Waals surface area contributed by atoms with Crippen molar-refractivity contribution < 1.29 is 19.5 Å². The summed E-state index contributed by atoms with van der Waals surface area (Å²) in [5.41, 5.74) is 2.91. The number of phenolic OH excluding ortho intramolecular Hbond substituents is 1. The fraction of sp³-hybridized carbons (Fsp3) is 0.0741. The summed E-state index contributed by atoms with van der Waals surface area (Å²) in [6.07, 6.45) is 5.49. The molecule has 0 saturated carbocycles. The zero-order valence-electron chi connectivity index (χ0n) is 17.9. The lowest BCUT2D eigenvalue weighted by Gasteiger charge is -2.12. The molecule has 0 saturated heterocycles. The molecule has 5 nitrogen and oxygen atoms in total. The smallest absolute Gasteiger partial charge is 0.243 e. The summed E-state index contributed by atoms with van der Waals surface area (Å²) in [7, 11) is 0. The molecule has 3 aromatic carbocycles. The molecule has 0 spiro atoms. The summed E-state index contributed by atoms with van der Waals surface area (Å²) in [6.45, 7) is 1.95. The number of nitrogens with one attached hydrogen (secondary N) is 1. The lowest BCUT2D eigenvalue weighted by atomic mass is 9.95. The number of carbonyl (C=O) groups is 3. The number of allylic oxidation sites excluding steroid dienone is 2. The number of amides is 1. The first-order chi connectivity index (χ1) is 15.8. The van der Waals surface area contributed by atoms with E-state index in [2.05, 4.69) is 5.32 Å². The Morgan fingerprint density at radius 2 is 1.27 bits per heavy atom. The van der Waals surface area contributed by atoms with E-state index in [-0.39, 0.29) is 5.75 Å². The molecule has 0 fully saturated rings. The molecule has 0 radical (unpaired) electrons. The molecule has 6 heteroatoms. The summed E-state index contributed by atoms with van der Waals surface area (Å²) in [5.74, 6) is -3.50. The highest BCUT2D eigenvalue weighted by Gasteiger charge is 2.31. The van der Waals surface area contributed by atoms with Crippen LogP contribution in [0.4, 0.5) is 5.69 Å². The summed E-state index contributed by atoms with van der Waals surface area (Å²) in [6, 6.07) is 20.0. The number of benzene rings is 3. The number of hydrogen-bond donors (Lipinski definition) is 2. The van der Waals surface area contributed by atoms with Gasteiger partial charge < -0.3 is 10.4 Å². The molecule has 1 atom stereocenters. The van der Waals surface area contributed by atoms with E-state index in [9.17, 15) is 19.5 Å². The van der Waals surface area contributed by atoms with Crippen molar-refractivity contribution in [2.75, 3.05) is 5.32 Å². The van der Waals surface area contributed by atoms with Crippen molar-refractivity contribution >= 4 is 46.9 Å². The zero-order chi connectivity index (χ0) is 23.8. The topological polar surface area (TPSA) is 83.5 Å². The van der Waals surface area contributed by atoms with E-state index >= 15 is 0 Å². The fourth-order valence-electron chi connectivity index (χ4n) is 2.96. The molecule has 0 aliphatic rings. The van der Waals surface area contributed by atoms with E-state index in [1.54, 1.807) is 42.5 Å². The molecule has 0 aliphatic heterocycles. The lowest BCUT2D eigenvalue weighted by Crippen LogP contribution is -2.34. The Hall–Kier alpha value is -3.96. The average molecular weight is 460 g/mol. The number of halogens is 1. The Balaban J connectivity index is 1.83. The van der Waals surface area contributed by atoms with Gasteiger partial charge in [0.15, 0.2) is 17.5 Å². The van der Waals surface area contributed by atoms with Crippen LogP contribution in [0.25, 0.3) is 12.2 Å². The fourth-order valence-corrected chi connectivity index (χ4v) is 3.08. The molecule has 2 N–H and O–H groups in total. The molecule has 0 heterocycles. The molecule has 1 amide bonds. The summed E-state index contributed by atoms with van der Waals surface area (Å²) in [5, 5.41) is 12.5. The van der Waals surface area contributed by atoms with E-state index in [1.165, 1.54) is 30.4 Å². The lowest BCUT2D eigenvalue weighted by molar-refractivity contribution is -0.134. The van der Waals surface area contributed by atoms with Gasteiger partial charge in [0.2, 0.25) is 5.91 Å². The van der Waals surface area contributed by atoms with Gasteiger partial charge >= 0.3 is 0 Å². The SMILES string of the molecule is Cc1ccc(/C=C/C(=O)C(C(=O)/C=C/c2ccc(O)cc2)C(=O)Nc2ccc(Cl)cc2)cc1. The Morgan fingerprint density at radius 1 is 0.788 bits per heavy atom. The van der Waals surface area contributed by atoms with Gasteiger partial charge in [-0.05, 0) is 66.6 Å². The van der Waals surface area contributed by atoms with Crippen LogP contribution in [0.2, 0.25) is 5.02 Å². The summed E-state index contributed by atoms with van der Waals surface area (Å²) < 4.78 is 0. The largest absolute Gasteiger partial charge is 0.508 e. The van der Waals surface area contributed by atoms with Gasteiger partial charge in [0.05, 0.1) is 0 Å². The molecule has 33 heavy (non-hydrogen) atoms. The molecule has 166 valence electrons. The van der Waals surface area contributed by atoms with Crippen LogP contribution in [0, 0.1) is 12.8 Å². The van der Waals surface area contributed by atoms with E-state index in [0.717, 1.165) is 11.1 Å². The Labute approximate surface area is 197 Å². The normalized spacial score (nSPS) is 12.1. The highest BCUT2D eigenvalue weighted by molar-refractivity contribution is 6.31. The van der Waals surface area contributed by atoms with Crippen LogP contribution in [0.3, 0.4) is 0 Å². The van der Waals surface area contributed by atoms with Gasteiger partial charge in [-0.2, -0.15) is 0 Å². The molecular weight excluding hydrogens is 438 g/mol. The number of rotatable bonds is 8. The number of carbonyl (C=O) groups excluding carboxylic acids is 3. The molecule has 3 aromatic rings. The Morgan fingerprint density at radius 3 is 1.79 bits per heavy atom. The number of aryl methyl sites for hydroxylation is 1. The van der Waals surface area contributed by atoms with Crippen molar-refractivity contribution in [1.82, 2.24) is 0 Å². The van der Waals surface area contributed by atoms with Crippen LogP contribution in [-0.4, -0.2) is 22.6 Å². The van der Waals surface area contributed by atoms with Crippen molar-refractivity contribution in [2.45, 2.75) is 6.92 Å². The number of aromatic hydroxyl groups is 1. The number of anilines is 1. The highest BCUT2D eigenvalue weighted by atomic mass is 35.5. The first kappa shape index (κ1) is 23.7. The monoisotopic (exact) mass is 459 g/mol. The third-order valence-corrected chi connectivity index (χ3v) is 5.05. The molecular formula is C27H22ClNO4. The third-order valence-electron chi connectivity index (χ3n) is 4.79. The van der Waals surface area contributed by atoms with Gasteiger partial charge in [0.1, 0.15) is 5.75 Å². The van der Waals surface area contributed by atoms with Crippen molar-refractivity contribution in [1.29, 1.82) is 0 Å². The van der Waals surface area contributed by atoms with Gasteiger partial charge in [0.25, 0.3) is 0 Å². The highest BCUT2D eigenvalue weighted by Crippen LogP contribution is 2.17. The van der Waals surface area contributed by atoms with Crippen molar-refractivity contribution in [3.05, 3.63) is 107 Å². The number of phenols is 1. The van der Waals surface area contributed by atoms with Crippen LogP contribution < -0.4 is 5.32 Å². The summed E-state index contributed by atoms with van der Waals surface area (Å²) in [4.78, 5) is 38.7. The number of ketones is 2. The first-order valence-corrected chi connectivity index (χ1v) is 10.6. The second kappa shape index (κ2) is 11.1. The Kier molecular flexibility index (Phi) is 7.95. The molecule has 3 rings (SSSR count). The molecule has 1 unspecified atom stereocenters. The predicted molar refractivity (Wildman–Crippen MR) is 131 cm³/mol. The zero-order valence-corrected chi connectivity index (χ0v) is 18.6. The van der Waals surface area contributed by atoms with Crippen LogP contribution in [-0.2, 0) is 14.4 Å². The average Bonchev–Trinajstić information content (AvgIpc) is 2.80. The van der Waals surface area contributed by atoms with E-state index < -0.39 is 23.4 Å². The maximum Gasteiger partial charge on any atom is 0.243 e. The third kappa shape index (κ3) is 7.02. The van der Waals surface area contributed by atoms with Gasteiger partial charge in [-0.3, -0.25) is 14.4 Å². The van der Waals surface area contributed by atoms with Gasteiger partial charge in [-0.1, -0.05) is 65.7 Å². The number of hydrogen-bond acceptors (Lipinski definition) is 4. The molecule has 0 bridgehead atoms. The minimum atomic E-state index is -1.56. The van der Waals surface area contributed by atoms with Crippen molar-refractivity contribution in [3.8, 4) is 5.75 Å². The second-order valence-corrected chi connectivity index (χ2v) is 7.84. The van der Waals surface area contributed by atoms with E-state index in [4.69, 9.17) is 11.6 Å². The minimum absolute atomic E-state index is 0.0927. The van der Waals surface area contributed by atoms with Crippen LogP contribution >= 0.6 is 11.6 Å². The van der Waals surface area contributed by atoms with Gasteiger partial charge in [0, 0.05) is 10.7 Å². The molecule has 0 aromatic heterocycles. The standard InChI is InChI=1S/C27H22ClNO4/c1-18-2-4-19(5-3-18)8-16-24(31)26(27(33)29-22-12-10-21(28)11-13-22)25(32)17-9-20-6-14-23(30)15-7-20/h2-17,26,30H,1H3,(H,29,33)/b16-8+,17-9+. The summed E-state index contributed by atoms with van der Waals surface area (Å²) >= 11 is 5.88. The predicted octanol–water partition coefficient (Wildman–Crippen LogP) is 5.47. The van der Waals surface area contributed by atoms with Crippen LogP contribution in [0.1, 0.15) is 16.7 Å². The first-order valence-electron chi connectivity index (χ1n) is 10.2. The van der Waals surface area contributed by atoms with E-state index in [0.29, 0.717) is 16.3 Å². The minimum Gasteiger partial charge on any atom is -0.508 e. The maximum atomic E-state index is 12.9. The second-order valence-electron chi connectivity index (χ2n) is 7.40. The van der Waals surface area contributed by atoms with Gasteiger partial charge in [-0.15, -0.1) is 0 Å². The van der Waals surface area contributed by atoms with E-state index in [1.807, 2.05) is 31.2 Å².